The maximum absolute atomic E-state index is 10.9. The molecule has 0 heterocycles. The molecule has 1 amide bonds. The minimum Gasteiger partial charge on any atom is -0.374 e. The lowest BCUT2D eigenvalue weighted by atomic mass is 9.85. The molecule has 0 spiro atoms. The largest absolute Gasteiger partial charge is 0.374 e. The van der Waals surface area contributed by atoms with Crippen LogP contribution in [0, 0.1) is 0 Å². The van der Waals surface area contributed by atoms with Crippen LogP contribution >= 0.6 is 0 Å². The summed E-state index contributed by atoms with van der Waals surface area (Å²) < 4.78 is 6.25. The minimum atomic E-state index is -0.384. The number of aryl methyl sites for hydroxylation is 1. The minimum absolute atomic E-state index is 0.293. The molecule has 5 aromatic carbocycles. The zero-order chi connectivity index (χ0) is 25.6. The number of unbranched alkanes of at least 4 members (excludes halogenated alkanes) is 2. The molecule has 0 saturated heterocycles. The summed E-state index contributed by atoms with van der Waals surface area (Å²) in [6, 6.07) is 31.2. The number of hydrogen-bond donors (Lipinski definition) is 1. The Labute approximate surface area is 219 Å². The lowest BCUT2D eigenvalue weighted by Gasteiger charge is -2.27. The van der Waals surface area contributed by atoms with E-state index in [4.69, 9.17) is 10.5 Å². The third kappa shape index (κ3) is 5.52. The number of benzene rings is 5. The highest BCUT2D eigenvalue weighted by Crippen LogP contribution is 2.38. The average molecular weight is 490 g/mol. The number of rotatable bonds is 6. The van der Waals surface area contributed by atoms with E-state index in [2.05, 4.69) is 55.5 Å². The average Bonchev–Trinajstić information content (AvgIpc) is 2.95. The van der Waals surface area contributed by atoms with Crippen molar-refractivity contribution < 1.29 is 9.53 Å². The van der Waals surface area contributed by atoms with Gasteiger partial charge in [-0.15, -0.1) is 0 Å². The van der Waals surface area contributed by atoms with E-state index < -0.39 is 0 Å². The molecule has 0 bridgehead atoms. The van der Waals surface area contributed by atoms with E-state index in [-0.39, 0.29) is 5.91 Å². The van der Waals surface area contributed by atoms with Crippen molar-refractivity contribution in [2.75, 3.05) is 6.61 Å². The second kappa shape index (κ2) is 11.6. The summed E-state index contributed by atoms with van der Waals surface area (Å²) in [4.78, 5) is 10.9. The molecule has 0 saturated carbocycles. The van der Waals surface area contributed by atoms with Crippen LogP contribution in [0.5, 0.6) is 0 Å². The lowest BCUT2D eigenvalue weighted by Crippen LogP contribution is -2.14. The summed E-state index contributed by atoms with van der Waals surface area (Å²) >= 11 is 0. The molecule has 3 heteroatoms. The summed E-state index contributed by atoms with van der Waals surface area (Å²) in [6.07, 6.45) is 7.57. The Balaban J connectivity index is 0.000000182. The highest BCUT2D eigenvalue weighted by molar-refractivity contribution is 6.08. The Morgan fingerprint density at radius 1 is 0.811 bits per heavy atom. The van der Waals surface area contributed by atoms with Gasteiger partial charge in [-0.2, -0.15) is 0 Å². The summed E-state index contributed by atoms with van der Waals surface area (Å²) in [6.45, 7) is 3.14. The Hall–Kier alpha value is -3.69. The molecule has 1 aliphatic carbocycles. The van der Waals surface area contributed by atoms with Crippen LogP contribution in [0.1, 0.15) is 66.6 Å². The van der Waals surface area contributed by atoms with Crippen LogP contribution in [0.2, 0.25) is 0 Å². The Morgan fingerprint density at radius 2 is 1.54 bits per heavy atom. The van der Waals surface area contributed by atoms with Crippen LogP contribution in [0.15, 0.2) is 91.0 Å². The van der Waals surface area contributed by atoms with Crippen molar-refractivity contribution in [2.45, 2.75) is 51.6 Å². The van der Waals surface area contributed by atoms with Crippen molar-refractivity contribution in [3.05, 3.63) is 108 Å². The highest BCUT2D eigenvalue weighted by Gasteiger charge is 2.22. The zero-order valence-corrected chi connectivity index (χ0v) is 21.6. The molecule has 5 aromatic rings. The molecule has 1 atom stereocenters. The van der Waals surface area contributed by atoms with Crippen molar-refractivity contribution in [2.24, 2.45) is 5.73 Å². The maximum Gasteiger partial charge on any atom is 0.248 e. The van der Waals surface area contributed by atoms with Crippen molar-refractivity contribution in [3.63, 3.8) is 0 Å². The molecule has 1 unspecified atom stereocenters. The maximum atomic E-state index is 10.9. The van der Waals surface area contributed by atoms with Crippen molar-refractivity contribution in [1.29, 1.82) is 0 Å². The molecular weight excluding hydrogens is 454 g/mol. The van der Waals surface area contributed by atoms with Crippen molar-refractivity contribution >= 4 is 38.2 Å². The Bertz CT molecular complexity index is 1540. The number of carbonyl (C=O) groups is 1. The zero-order valence-electron chi connectivity index (χ0n) is 21.6. The molecule has 37 heavy (non-hydrogen) atoms. The fraction of sp³-hybridized carbons (Fsp3) is 0.265. The number of nitrogens with two attached hydrogens (primary N) is 1. The van der Waals surface area contributed by atoms with Gasteiger partial charge < -0.3 is 10.5 Å². The highest BCUT2D eigenvalue weighted by atomic mass is 16.5. The number of carbonyl (C=O) groups excluding carboxylic acids is 1. The monoisotopic (exact) mass is 489 g/mol. The van der Waals surface area contributed by atoms with Gasteiger partial charge >= 0.3 is 0 Å². The van der Waals surface area contributed by atoms with E-state index in [9.17, 15) is 4.79 Å². The first-order valence-corrected chi connectivity index (χ1v) is 13.5. The molecule has 0 aromatic heterocycles. The van der Waals surface area contributed by atoms with Gasteiger partial charge in [0.1, 0.15) is 0 Å². The smallest absolute Gasteiger partial charge is 0.248 e. The molecule has 6 rings (SSSR count). The van der Waals surface area contributed by atoms with Gasteiger partial charge in [0, 0.05) is 12.2 Å². The summed E-state index contributed by atoms with van der Waals surface area (Å²) in [5.74, 6) is -0.384. The van der Waals surface area contributed by atoms with Gasteiger partial charge in [-0.25, -0.2) is 0 Å². The van der Waals surface area contributed by atoms with Crippen LogP contribution in [-0.2, 0) is 11.2 Å². The van der Waals surface area contributed by atoms with E-state index in [1.165, 1.54) is 64.8 Å². The van der Waals surface area contributed by atoms with Crippen LogP contribution in [0.25, 0.3) is 32.3 Å². The molecule has 0 aliphatic heterocycles. The van der Waals surface area contributed by atoms with E-state index in [1.807, 2.05) is 30.3 Å². The molecule has 1 aliphatic rings. The first-order valence-electron chi connectivity index (χ1n) is 13.5. The van der Waals surface area contributed by atoms with Gasteiger partial charge in [0.15, 0.2) is 0 Å². The number of hydrogen-bond acceptors (Lipinski definition) is 2. The third-order valence-electron chi connectivity index (χ3n) is 7.41. The molecule has 0 fully saturated rings. The standard InChI is InChI=1S/C23H26O.C11H9NO/c1-2-3-6-16-24-23-11-7-10-19-21-13-12-17-8-4-5-9-18(17)20(21)14-15-22(19)23;12-11(13)10-6-5-8-3-1-2-4-9(8)7-10/h4-5,8-9,12-15,23H,2-3,6-7,10-11,16H2,1H3;1-7H,(H2,12,13). The summed E-state index contributed by atoms with van der Waals surface area (Å²) in [5.41, 5.74) is 8.67. The fourth-order valence-electron chi connectivity index (χ4n) is 5.46. The lowest BCUT2D eigenvalue weighted by molar-refractivity contribution is 0.0386. The molecular formula is C34H35NO2. The second-order valence-corrected chi connectivity index (χ2v) is 9.90. The van der Waals surface area contributed by atoms with E-state index in [0.717, 1.165) is 23.8 Å². The van der Waals surface area contributed by atoms with Gasteiger partial charge in [-0.3, -0.25) is 4.79 Å². The topological polar surface area (TPSA) is 52.3 Å². The van der Waals surface area contributed by atoms with Gasteiger partial charge in [-0.05, 0) is 81.3 Å². The van der Waals surface area contributed by atoms with Crippen LogP contribution in [0.3, 0.4) is 0 Å². The number of ether oxygens (including phenoxy) is 1. The molecule has 3 nitrogen and oxygen atoms in total. The summed E-state index contributed by atoms with van der Waals surface area (Å²) in [7, 11) is 0. The normalized spacial score (nSPS) is 14.8. The van der Waals surface area contributed by atoms with Crippen LogP contribution < -0.4 is 5.73 Å². The Morgan fingerprint density at radius 3 is 2.35 bits per heavy atom. The van der Waals surface area contributed by atoms with Crippen molar-refractivity contribution in [3.8, 4) is 0 Å². The Kier molecular flexibility index (Phi) is 7.82. The van der Waals surface area contributed by atoms with Gasteiger partial charge in [0.25, 0.3) is 0 Å². The van der Waals surface area contributed by atoms with E-state index in [0.29, 0.717) is 11.7 Å². The number of primary amides is 1. The third-order valence-corrected chi connectivity index (χ3v) is 7.41. The molecule has 188 valence electrons. The van der Waals surface area contributed by atoms with Crippen molar-refractivity contribution in [1.82, 2.24) is 0 Å². The first kappa shape index (κ1) is 25.0. The first-order chi connectivity index (χ1) is 18.2. The van der Waals surface area contributed by atoms with Gasteiger partial charge in [0.05, 0.1) is 6.10 Å². The van der Waals surface area contributed by atoms with Gasteiger partial charge in [-0.1, -0.05) is 98.6 Å². The SMILES string of the molecule is CCCCCOC1CCCc2c1ccc1c2ccc2ccccc21.NC(=O)c1ccc2ccccc2c1. The molecule has 0 radical (unpaired) electrons. The predicted molar refractivity (Wildman–Crippen MR) is 155 cm³/mol. The molecule has 2 N–H and O–H groups in total. The second-order valence-electron chi connectivity index (χ2n) is 9.90. The van der Waals surface area contributed by atoms with E-state index >= 15 is 0 Å². The van der Waals surface area contributed by atoms with Gasteiger partial charge in [0.2, 0.25) is 5.91 Å². The van der Waals surface area contributed by atoms with Crippen LogP contribution in [-0.4, -0.2) is 12.5 Å². The number of amides is 1. The fourth-order valence-corrected chi connectivity index (χ4v) is 5.46. The van der Waals surface area contributed by atoms with Crippen LogP contribution in [0.4, 0.5) is 0 Å². The quantitative estimate of drug-likeness (QED) is 0.192. The van der Waals surface area contributed by atoms with E-state index in [1.54, 1.807) is 12.1 Å². The predicted octanol–water partition coefficient (Wildman–Crippen LogP) is 8.52. The number of fused-ring (bicyclic) bond motifs is 6. The summed E-state index contributed by atoms with van der Waals surface area (Å²) in [5, 5.41) is 7.66.